The second kappa shape index (κ2) is 5.84. The molecule has 0 amide bonds. The van der Waals surface area contributed by atoms with Crippen LogP contribution in [-0.2, 0) is 18.8 Å². The van der Waals surface area contributed by atoms with Crippen LogP contribution in [0.2, 0.25) is 0 Å². The minimum atomic E-state index is 0.311. The maximum Gasteiger partial charge on any atom is 0.125 e. The van der Waals surface area contributed by atoms with Crippen LogP contribution in [0.4, 0.5) is 0 Å². The van der Waals surface area contributed by atoms with E-state index >= 15 is 0 Å². The molecule has 0 spiro atoms. The lowest BCUT2D eigenvalue weighted by molar-refractivity contribution is 0.773. The number of aryl methyl sites for hydroxylation is 1. The molecule has 0 atom stereocenters. The van der Waals surface area contributed by atoms with E-state index in [1.807, 2.05) is 22.9 Å². The molecular weight excluding hydrogens is 304 g/mol. The highest BCUT2D eigenvalue weighted by Crippen LogP contribution is 2.23. The second-order valence-corrected chi connectivity index (χ2v) is 6.07. The molecular formula is C15H13ClN4S. The lowest BCUT2D eigenvalue weighted by Gasteiger charge is -2.05. The van der Waals surface area contributed by atoms with Gasteiger partial charge in [-0.15, -0.1) is 22.9 Å². The Hall–Kier alpha value is -1.90. The first-order valence-corrected chi connectivity index (χ1v) is 7.99. The lowest BCUT2D eigenvalue weighted by Crippen LogP contribution is -2.03. The Kier molecular flexibility index (Phi) is 3.91. The van der Waals surface area contributed by atoms with Gasteiger partial charge < -0.3 is 4.57 Å². The number of benzene rings is 1. The molecule has 6 heteroatoms. The number of rotatable bonds is 4. The fourth-order valence-electron chi connectivity index (χ4n) is 2.28. The molecule has 0 N–H and O–H groups in total. The molecule has 0 fully saturated rings. The van der Waals surface area contributed by atoms with Crippen molar-refractivity contribution in [2.75, 3.05) is 0 Å². The van der Waals surface area contributed by atoms with Crippen LogP contribution in [-0.4, -0.2) is 14.5 Å². The van der Waals surface area contributed by atoms with Crippen LogP contribution in [0.1, 0.15) is 28.2 Å². The van der Waals surface area contributed by atoms with Gasteiger partial charge in [-0.05, 0) is 18.6 Å². The van der Waals surface area contributed by atoms with Gasteiger partial charge in [-0.2, -0.15) is 5.26 Å². The summed E-state index contributed by atoms with van der Waals surface area (Å²) in [4.78, 5) is 10.2. The zero-order chi connectivity index (χ0) is 14.8. The highest BCUT2D eigenvalue weighted by atomic mass is 35.5. The third kappa shape index (κ3) is 2.53. The second-order valence-electron chi connectivity index (χ2n) is 4.61. The molecule has 0 aliphatic heterocycles. The van der Waals surface area contributed by atoms with Gasteiger partial charge in [0.1, 0.15) is 22.4 Å². The lowest BCUT2D eigenvalue weighted by atomic mass is 10.2. The van der Waals surface area contributed by atoms with Gasteiger partial charge in [0.2, 0.25) is 0 Å². The average Bonchev–Trinajstić information content (AvgIpc) is 3.12. The molecule has 0 aliphatic rings. The van der Waals surface area contributed by atoms with Crippen molar-refractivity contribution < 1.29 is 0 Å². The predicted octanol–water partition coefficient (Wildman–Crippen LogP) is 3.71. The van der Waals surface area contributed by atoms with Crippen molar-refractivity contribution in [3.63, 3.8) is 0 Å². The topological polar surface area (TPSA) is 54.5 Å². The molecule has 2 heterocycles. The van der Waals surface area contributed by atoms with Crippen molar-refractivity contribution in [3.8, 4) is 6.07 Å². The number of hydrogen-bond acceptors (Lipinski definition) is 4. The van der Waals surface area contributed by atoms with Crippen LogP contribution in [0, 0.1) is 11.3 Å². The third-order valence-electron chi connectivity index (χ3n) is 3.34. The Morgan fingerprint density at radius 1 is 1.43 bits per heavy atom. The first-order valence-electron chi connectivity index (χ1n) is 6.64. The quantitative estimate of drug-likeness (QED) is 0.689. The number of hydrogen-bond donors (Lipinski definition) is 0. The number of nitrogens with zero attached hydrogens (tertiary/aromatic N) is 4. The van der Waals surface area contributed by atoms with Crippen molar-refractivity contribution in [1.29, 1.82) is 5.26 Å². The van der Waals surface area contributed by atoms with E-state index in [4.69, 9.17) is 11.6 Å². The summed E-state index contributed by atoms with van der Waals surface area (Å²) in [6, 6.07) is 7.79. The van der Waals surface area contributed by atoms with E-state index in [-0.39, 0.29) is 0 Å². The Bertz CT molecular complexity index is 828. The average molecular weight is 317 g/mol. The number of imidazole rings is 1. The van der Waals surface area contributed by atoms with E-state index in [0.29, 0.717) is 23.5 Å². The number of fused-ring (bicyclic) bond motifs is 1. The summed E-state index contributed by atoms with van der Waals surface area (Å²) in [5, 5.41) is 10.2. The van der Waals surface area contributed by atoms with E-state index in [2.05, 4.69) is 23.0 Å². The van der Waals surface area contributed by atoms with Gasteiger partial charge in [0.15, 0.2) is 0 Å². The standard InChI is InChI=1S/C15H13ClN4S/c1-2-11-8-18-14(21-11)9-20-12-5-3-4-10(7-17)15(12)19-13(20)6-16/h3-5,8H,2,6,9H2,1H3. The molecule has 3 rings (SSSR count). The maximum absolute atomic E-state index is 9.19. The number of nitriles is 1. The van der Waals surface area contributed by atoms with Crippen LogP contribution in [0.3, 0.4) is 0 Å². The monoisotopic (exact) mass is 316 g/mol. The van der Waals surface area contributed by atoms with Crippen LogP contribution in [0.25, 0.3) is 11.0 Å². The van der Waals surface area contributed by atoms with E-state index in [1.54, 1.807) is 17.4 Å². The summed E-state index contributed by atoms with van der Waals surface area (Å²) in [6.45, 7) is 2.76. The first-order chi connectivity index (χ1) is 10.3. The van der Waals surface area contributed by atoms with Gasteiger partial charge in [0, 0.05) is 11.1 Å². The highest BCUT2D eigenvalue weighted by molar-refractivity contribution is 7.11. The highest BCUT2D eigenvalue weighted by Gasteiger charge is 2.14. The Labute approximate surface area is 131 Å². The van der Waals surface area contributed by atoms with E-state index < -0.39 is 0 Å². The maximum atomic E-state index is 9.19. The molecule has 106 valence electrons. The van der Waals surface area contributed by atoms with E-state index in [0.717, 1.165) is 22.8 Å². The van der Waals surface area contributed by atoms with Gasteiger partial charge in [0.05, 0.1) is 23.5 Å². The van der Waals surface area contributed by atoms with Crippen molar-refractivity contribution >= 4 is 34.0 Å². The third-order valence-corrected chi connectivity index (χ3v) is 4.71. The minimum absolute atomic E-state index is 0.311. The Balaban J connectivity index is 2.10. The number of thiazole rings is 1. The summed E-state index contributed by atoms with van der Waals surface area (Å²) in [5.74, 6) is 1.08. The van der Waals surface area contributed by atoms with Gasteiger partial charge in [0.25, 0.3) is 0 Å². The van der Waals surface area contributed by atoms with Gasteiger partial charge in [-0.25, -0.2) is 9.97 Å². The summed E-state index contributed by atoms with van der Waals surface area (Å²) in [6.07, 6.45) is 2.91. The SMILES string of the molecule is CCc1cnc(Cn2c(CCl)nc3c(C#N)cccc32)s1. The van der Waals surface area contributed by atoms with Crippen LogP contribution in [0.5, 0.6) is 0 Å². The molecule has 2 aromatic heterocycles. The molecule has 0 saturated heterocycles. The van der Waals surface area contributed by atoms with Crippen molar-refractivity contribution in [1.82, 2.24) is 14.5 Å². The number of alkyl halides is 1. The van der Waals surface area contributed by atoms with Gasteiger partial charge in [-0.3, -0.25) is 0 Å². The molecule has 0 saturated carbocycles. The predicted molar refractivity (Wildman–Crippen MR) is 84.6 cm³/mol. The van der Waals surface area contributed by atoms with Gasteiger partial charge in [-0.1, -0.05) is 13.0 Å². The van der Waals surface area contributed by atoms with Crippen molar-refractivity contribution in [2.24, 2.45) is 0 Å². The molecule has 0 unspecified atom stereocenters. The molecule has 0 bridgehead atoms. The molecule has 0 aliphatic carbocycles. The number of halogens is 1. The molecule has 0 radical (unpaired) electrons. The number of para-hydroxylation sites is 1. The molecule has 1 aromatic carbocycles. The van der Waals surface area contributed by atoms with Crippen LogP contribution >= 0.6 is 22.9 Å². The minimum Gasteiger partial charge on any atom is -0.320 e. The van der Waals surface area contributed by atoms with Crippen molar-refractivity contribution in [2.45, 2.75) is 25.8 Å². The summed E-state index contributed by atoms with van der Waals surface area (Å²) >= 11 is 7.72. The largest absolute Gasteiger partial charge is 0.320 e. The fraction of sp³-hybridized carbons (Fsp3) is 0.267. The summed E-state index contributed by atoms with van der Waals surface area (Å²) < 4.78 is 2.04. The molecule has 3 aromatic rings. The molecule has 4 nitrogen and oxygen atoms in total. The van der Waals surface area contributed by atoms with Crippen LogP contribution < -0.4 is 0 Å². The Morgan fingerprint density at radius 3 is 2.95 bits per heavy atom. The normalized spacial score (nSPS) is 10.9. The Morgan fingerprint density at radius 2 is 2.29 bits per heavy atom. The van der Waals surface area contributed by atoms with Crippen molar-refractivity contribution in [3.05, 3.63) is 45.7 Å². The first kappa shape index (κ1) is 14.1. The van der Waals surface area contributed by atoms with E-state index in [1.165, 1.54) is 4.88 Å². The number of aromatic nitrogens is 3. The van der Waals surface area contributed by atoms with E-state index in [9.17, 15) is 5.26 Å². The smallest absolute Gasteiger partial charge is 0.125 e. The zero-order valence-electron chi connectivity index (χ0n) is 11.5. The fourth-order valence-corrected chi connectivity index (χ4v) is 3.34. The van der Waals surface area contributed by atoms with Gasteiger partial charge >= 0.3 is 0 Å². The molecule has 21 heavy (non-hydrogen) atoms. The van der Waals surface area contributed by atoms with Crippen LogP contribution in [0.15, 0.2) is 24.4 Å². The summed E-state index contributed by atoms with van der Waals surface area (Å²) in [7, 11) is 0. The zero-order valence-corrected chi connectivity index (χ0v) is 13.1. The summed E-state index contributed by atoms with van der Waals surface area (Å²) in [5.41, 5.74) is 2.21.